The van der Waals surface area contributed by atoms with Crippen molar-refractivity contribution in [2.45, 2.75) is 39.7 Å². The molecule has 0 saturated heterocycles. The van der Waals surface area contributed by atoms with E-state index in [1.165, 1.54) is 11.1 Å². The number of nitrogens with zero attached hydrogens (tertiary/aromatic N) is 1. The molecule has 0 spiro atoms. The van der Waals surface area contributed by atoms with Crippen LogP contribution in [-0.2, 0) is 11.2 Å². The van der Waals surface area contributed by atoms with Crippen molar-refractivity contribution < 1.29 is 9.53 Å². The van der Waals surface area contributed by atoms with Crippen molar-refractivity contribution in [1.29, 1.82) is 0 Å². The van der Waals surface area contributed by atoms with Gasteiger partial charge in [-0.3, -0.25) is 4.79 Å². The number of fused-ring (bicyclic) bond motifs is 1. The van der Waals surface area contributed by atoms with Crippen molar-refractivity contribution in [3.63, 3.8) is 0 Å². The lowest BCUT2D eigenvalue weighted by molar-refractivity contribution is -0.126. The maximum atomic E-state index is 12.8. The first-order chi connectivity index (χ1) is 11.9. The number of hydrogen-bond acceptors (Lipinski definition) is 3. The second-order valence-electron chi connectivity index (χ2n) is 7.73. The Balaban J connectivity index is 1.97. The monoisotopic (exact) mass is 337 g/mol. The second kappa shape index (κ2) is 6.91. The largest absolute Gasteiger partial charge is 0.497 e. The third-order valence-corrected chi connectivity index (χ3v) is 5.03. The van der Waals surface area contributed by atoms with Crippen molar-refractivity contribution in [1.82, 2.24) is 0 Å². The predicted octanol–water partition coefficient (Wildman–Crippen LogP) is 4.80. The molecule has 2 aromatic rings. The van der Waals surface area contributed by atoms with E-state index in [1.54, 1.807) is 7.11 Å². The summed E-state index contributed by atoms with van der Waals surface area (Å²) in [6.07, 6.45) is 1.54. The van der Waals surface area contributed by atoms with Crippen molar-refractivity contribution in [3.05, 3.63) is 59.7 Å². The van der Waals surface area contributed by atoms with Gasteiger partial charge in [0.25, 0.3) is 0 Å². The number of anilines is 1. The van der Waals surface area contributed by atoms with Gasteiger partial charge in [0, 0.05) is 24.1 Å². The van der Waals surface area contributed by atoms with Crippen molar-refractivity contribution in [3.8, 4) is 5.75 Å². The molecule has 25 heavy (non-hydrogen) atoms. The number of rotatable bonds is 4. The zero-order valence-corrected chi connectivity index (χ0v) is 15.6. The van der Waals surface area contributed by atoms with Gasteiger partial charge in [-0.15, -0.1) is 0 Å². The molecule has 0 amide bonds. The molecule has 3 nitrogen and oxygen atoms in total. The normalized spacial score (nSPS) is 17.1. The SMILES string of the molecule is COc1ccc(N2CCc3ccccc3C2CC(=O)C(C)(C)C)cc1. The Morgan fingerprint density at radius 3 is 2.44 bits per heavy atom. The van der Waals surface area contributed by atoms with Crippen LogP contribution in [0.1, 0.15) is 44.4 Å². The molecule has 0 fully saturated rings. The van der Waals surface area contributed by atoms with Crippen molar-refractivity contribution >= 4 is 11.5 Å². The fourth-order valence-corrected chi connectivity index (χ4v) is 3.44. The van der Waals surface area contributed by atoms with Crippen LogP contribution in [0.3, 0.4) is 0 Å². The Labute approximate surface area is 150 Å². The number of ether oxygens (including phenoxy) is 1. The van der Waals surface area contributed by atoms with Crippen LogP contribution in [0.15, 0.2) is 48.5 Å². The summed E-state index contributed by atoms with van der Waals surface area (Å²) >= 11 is 0. The van der Waals surface area contributed by atoms with Gasteiger partial charge in [-0.05, 0) is 41.8 Å². The number of Topliss-reactive ketones (excluding diaryl/α,β-unsaturated/α-hetero) is 1. The highest BCUT2D eigenvalue weighted by atomic mass is 16.5. The van der Waals surface area contributed by atoms with Crippen LogP contribution >= 0.6 is 0 Å². The third kappa shape index (κ3) is 3.71. The van der Waals surface area contributed by atoms with Crippen LogP contribution in [-0.4, -0.2) is 19.4 Å². The minimum atomic E-state index is -0.321. The fourth-order valence-electron chi connectivity index (χ4n) is 3.44. The molecule has 0 aliphatic carbocycles. The van der Waals surface area contributed by atoms with E-state index in [2.05, 4.69) is 41.3 Å². The Hall–Kier alpha value is -2.29. The van der Waals surface area contributed by atoms with E-state index in [9.17, 15) is 4.79 Å². The van der Waals surface area contributed by atoms with Crippen LogP contribution in [0.2, 0.25) is 0 Å². The maximum Gasteiger partial charge on any atom is 0.140 e. The molecule has 1 aliphatic rings. The molecule has 1 atom stereocenters. The van der Waals surface area contributed by atoms with E-state index >= 15 is 0 Å². The summed E-state index contributed by atoms with van der Waals surface area (Å²) in [6.45, 7) is 6.93. The Morgan fingerprint density at radius 1 is 1.12 bits per heavy atom. The van der Waals surface area contributed by atoms with Crippen LogP contribution in [0, 0.1) is 5.41 Å². The number of carbonyl (C=O) groups excluding carboxylic acids is 1. The molecular formula is C22H27NO2. The molecule has 0 bridgehead atoms. The summed E-state index contributed by atoms with van der Waals surface area (Å²) in [6, 6.07) is 16.8. The number of carbonyl (C=O) groups is 1. The lowest BCUT2D eigenvalue weighted by atomic mass is 9.82. The minimum absolute atomic E-state index is 0.0880. The van der Waals surface area contributed by atoms with E-state index in [4.69, 9.17) is 4.74 Å². The standard InChI is InChI=1S/C22H27NO2/c1-22(2,3)21(24)15-20-19-8-6-5-7-16(19)13-14-23(20)17-9-11-18(25-4)12-10-17/h5-12,20H,13-15H2,1-4H3. The van der Waals surface area contributed by atoms with Crippen LogP contribution < -0.4 is 9.64 Å². The lowest BCUT2D eigenvalue weighted by Crippen LogP contribution is -2.38. The average Bonchev–Trinajstić information content (AvgIpc) is 2.61. The quantitative estimate of drug-likeness (QED) is 0.802. The van der Waals surface area contributed by atoms with Crippen LogP contribution in [0.5, 0.6) is 5.75 Å². The summed E-state index contributed by atoms with van der Waals surface area (Å²) in [7, 11) is 1.68. The maximum absolute atomic E-state index is 12.8. The first-order valence-electron chi connectivity index (χ1n) is 8.92. The molecule has 1 heterocycles. The summed E-state index contributed by atoms with van der Waals surface area (Å²) in [5, 5.41) is 0. The van der Waals surface area contributed by atoms with E-state index < -0.39 is 0 Å². The smallest absolute Gasteiger partial charge is 0.140 e. The van der Waals surface area contributed by atoms with E-state index in [0.717, 1.165) is 24.4 Å². The van der Waals surface area contributed by atoms with Crippen molar-refractivity contribution in [2.75, 3.05) is 18.6 Å². The number of hydrogen-bond donors (Lipinski definition) is 0. The topological polar surface area (TPSA) is 29.5 Å². The summed E-state index contributed by atoms with van der Waals surface area (Å²) in [4.78, 5) is 15.1. The average molecular weight is 337 g/mol. The molecule has 3 rings (SSSR count). The molecule has 0 radical (unpaired) electrons. The highest BCUT2D eigenvalue weighted by Gasteiger charge is 2.32. The van der Waals surface area contributed by atoms with Gasteiger partial charge in [-0.2, -0.15) is 0 Å². The Morgan fingerprint density at radius 2 is 1.80 bits per heavy atom. The molecule has 0 aromatic heterocycles. The van der Waals surface area contributed by atoms with Gasteiger partial charge in [0.1, 0.15) is 11.5 Å². The number of ketones is 1. The molecular weight excluding hydrogens is 310 g/mol. The lowest BCUT2D eigenvalue weighted by Gasteiger charge is -2.39. The zero-order valence-electron chi connectivity index (χ0n) is 15.6. The summed E-state index contributed by atoms with van der Waals surface area (Å²) in [5.41, 5.74) is 3.46. The van der Waals surface area contributed by atoms with Gasteiger partial charge in [0.2, 0.25) is 0 Å². The van der Waals surface area contributed by atoms with E-state index in [0.29, 0.717) is 12.2 Å². The highest BCUT2D eigenvalue weighted by molar-refractivity contribution is 5.85. The first-order valence-corrected chi connectivity index (χ1v) is 8.92. The molecule has 1 unspecified atom stereocenters. The van der Waals surface area contributed by atoms with Crippen LogP contribution in [0.25, 0.3) is 0 Å². The Kier molecular flexibility index (Phi) is 4.85. The fraction of sp³-hybridized carbons (Fsp3) is 0.409. The zero-order chi connectivity index (χ0) is 18.0. The number of benzene rings is 2. The van der Waals surface area contributed by atoms with Gasteiger partial charge in [0.05, 0.1) is 13.2 Å². The Bertz CT molecular complexity index is 743. The number of methoxy groups -OCH3 is 1. The molecule has 3 heteroatoms. The molecule has 0 N–H and O–H groups in total. The highest BCUT2D eigenvalue weighted by Crippen LogP contribution is 2.38. The van der Waals surface area contributed by atoms with Gasteiger partial charge in [-0.25, -0.2) is 0 Å². The van der Waals surface area contributed by atoms with E-state index in [1.807, 2.05) is 32.9 Å². The van der Waals surface area contributed by atoms with Gasteiger partial charge < -0.3 is 9.64 Å². The van der Waals surface area contributed by atoms with Crippen LogP contribution in [0.4, 0.5) is 5.69 Å². The summed E-state index contributed by atoms with van der Waals surface area (Å²) < 4.78 is 5.28. The molecule has 132 valence electrons. The summed E-state index contributed by atoms with van der Waals surface area (Å²) in [5.74, 6) is 1.15. The van der Waals surface area contributed by atoms with Crippen molar-refractivity contribution in [2.24, 2.45) is 5.41 Å². The molecule has 2 aromatic carbocycles. The van der Waals surface area contributed by atoms with E-state index in [-0.39, 0.29) is 11.5 Å². The molecule has 0 saturated carbocycles. The predicted molar refractivity (Wildman–Crippen MR) is 102 cm³/mol. The first kappa shape index (κ1) is 17.5. The van der Waals surface area contributed by atoms with Gasteiger partial charge in [0.15, 0.2) is 0 Å². The van der Waals surface area contributed by atoms with Gasteiger partial charge in [-0.1, -0.05) is 45.0 Å². The minimum Gasteiger partial charge on any atom is -0.497 e. The van der Waals surface area contributed by atoms with Gasteiger partial charge >= 0.3 is 0 Å². The second-order valence-corrected chi connectivity index (χ2v) is 7.73. The third-order valence-electron chi connectivity index (χ3n) is 5.03. The molecule has 1 aliphatic heterocycles.